The Morgan fingerprint density at radius 1 is 1.14 bits per heavy atom. The number of esters is 1. The van der Waals surface area contributed by atoms with E-state index in [1.807, 2.05) is 78.1 Å². The number of nitrogens with zero attached hydrogens (tertiary/aromatic N) is 2. The number of aliphatic hydroxyl groups excluding tert-OH is 1. The molecule has 276 valence electrons. The lowest BCUT2D eigenvalue weighted by atomic mass is 9.74. The lowest BCUT2D eigenvalue weighted by Crippen LogP contribution is -2.59. The summed E-state index contributed by atoms with van der Waals surface area (Å²) in [6.07, 6.45) is -0.456. The lowest BCUT2D eigenvalue weighted by Gasteiger charge is -2.47. The van der Waals surface area contributed by atoms with Gasteiger partial charge in [-0.05, 0) is 78.9 Å². The Bertz CT molecular complexity index is 1340. The van der Waals surface area contributed by atoms with Gasteiger partial charge < -0.3 is 33.7 Å². The zero-order valence-corrected chi connectivity index (χ0v) is 32.0. The van der Waals surface area contributed by atoms with Gasteiger partial charge in [0.2, 0.25) is 0 Å². The van der Waals surface area contributed by atoms with Crippen molar-refractivity contribution in [3.63, 3.8) is 0 Å². The zero-order chi connectivity index (χ0) is 36.4. The molecule has 0 spiro atoms. The van der Waals surface area contributed by atoms with Crippen molar-refractivity contribution in [1.82, 2.24) is 9.80 Å². The number of Topliss-reactive ketones (excluding diaryl/α,β-unsaturated/α-hetero) is 1. The molecule has 1 aromatic rings. The van der Waals surface area contributed by atoms with Gasteiger partial charge in [-0.25, -0.2) is 9.59 Å². The quantitative estimate of drug-likeness (QED) is 0.359. The van der Waals surface area contributed by atoms with Crippen molar-refractivity contribution in [1.29, 1.82) is 0 Å². The number of ether oxygens (including phenoxy) is 5. The number of rotatable bonds is 8. The first-order valence-electron chi connectivity index (χ1n) is 17.6. The lowest BCUT2D eigenvalue weighted by molar-refractivity contribution is -0.294. The number of methoxy groups -OCH3 is 1. The van der Waals surface area contributed by atoms with Crippen LogP contribution in [0.5, 0.6) is 0 Å². The fraction of sp³-hybridized carbons (Fsp3) is 0.757. The van der Waals surface area contributed by atoms with E-state index in [9.17, 15) is 19.5 Å². The molecule has 0 aliphatic carbocycles. The third-order valence-corrected chi connectivity index (χ3v) is 11.9. The second-order valence-electron chi connectivity index (χ2n) is 15.0. The van der Waals surface area contributed by atoms with E-state index < -0.39 is 71.7 Å². The van der Waals surface area contributed by atoms with E-state index in [-0.39, 0.29) is 24.3 Å². The molecule has 4 heterocycles. The standard InChI is InChI=1S/C37H58N2O9S/c1-12-28-37(8)31(39(35(43)48-37)16-15-26-14-13-17-49-26)25(6)29(40)23(4)20-36(7,44-11)32(21(2)18-22(3)33(42)46-28)47-34-30(41)27(38(9)10)19-24(5)45-34/h13-14,17-18,21,23-25,27-28,30-32,34,41H,12,15-16,19-20H2,1-11H3/b22-18+/t21-,23+,24+,25-,27-,28?,30+,31+,32+,34-,36+,37+/m0/s1. The number of cyclic esters (lactones) is 1. The average Bonchev–Trinajstić information content (AvgIpc) is 3.66. The summed E-state index contributed by atoms with van der Waals surface area (Å²) < 4.78 is 31.3. The van der Waals surface area contributed by atoms with Crippen LogP contribution in [0.1, 0.15) is 79.5 Å². The van der Waals surface area contributed by atoms with Gasteiger partial charge in [0.15, 0.2) is 11.9 Å². The number of aliphatic hydroxyl groups is 1. The van der Waals surface area contributed by atoms with Gasteiger partial charge in [0.25, 0.3) is 0 Å². The van der Waals surface area contributed by atoms with Gasteiger partial charge in [-0.2, -0.15) is 0 Å². The zero-order valence-electron chi connectivity index (χ0n) is 31.1. The number of hydrogen-bond donors (Lipinski definition) is 1. The highest BCUT2D eigenvalue weighted by Gasteiger charge is 2.60. The van der Waals surface area contributed by atoms with Crippen LogP contribution in [0.4, 0.5) is 4.79 Å². The third kappa shape index (κ3) is 8.25. The van der Waals surface area contributed by atoms with Crippen molar-refractivity contribution in [2.24, 2.45) is 17.8 Å². The summed E-state index contributed by atoms with van der Waals surface area (Å²) in [4.78, 5) is 46.6. The van der Waals surface area contributed by atoms with Gasteiger partial charge in [-0.15, -0.1) is 11.3 Å². The Morgan fingerprint density at radius 2 is 1.84 bits per heavy atom. The highest BCUT2D eigenvalue weighted by Crippen LogP contribution is 2.43. The second kappa shape index (κ2) is 15.9. The molecule has 12 atom stereocenters. The maximum Gasteiger partial charge on any atom is 0.410 e. The van der Waals surface area contributed by atoms with Crippen LogP contribution in [0.2, 0.25) is 0 Å². The van der Waals surface area contributed by atoms with Crippen LogP contribution in [-0.2, 0) is 39.7 Å². The number of ketones is 1. The molecule has 1 N–H and O–H groups in total. The minimum Gasteiger partial charge on any atom is -0.455 e. The summed E-state index contributed by atoms with van der Waals surface area (Å²) in [5.41, 5.74) is -1.96. The molecule has 2 saturated heterocycles. The van der Waals surface area contributed by atoms with Crippen molar-refractivity contribution in [3.8, 4) is 0 Å². The molecule has 0 radical (unpaired) electrons. The first kappa shape index (κ1) is 39.4. The Hall–Kier alpha value is -2.35. The molecule has 2 fully saturated rings. The van der Waals surface area contributed by atoms with Gasteiger partial charge >= 0.3 is 12.1 Å². The minimum absolute atomic E-state index is 0.0643. The van der Waals surface area contributed by atoms with Gasteiger partial charge in [0.1, 0.15) is 18.0 Å². The maximum absolute atomic E-state index is 14.5. The van der Waals surface area contributed by atoms with Gasteiger partial charge in [0, 0.05) is 47.9 Å². The number of carbonyl (C=O) groups excluding carboxylic acids is 3. The number of likely N-dealkylation sites (N-methyl/N-ethyl adjacent to an activating group) is 1. The highest BCUT2D eigenvalue weighted by molar-refractivity contribution is 7.09. The highest BCUT2D eigenvalue weighted by atomic mass is 32.1. The molecule has 1 amide bonds. The first-order chi connectivity index (χ1) is 23.0. The SMILES string of the molecule is CCC1OC(=O)/C(C)=C/[C@H](C)[C@@H](O[C@@H]2O[C@H](C)C[C@H](N(C)C)[C@H]2O)[C@](C)(OC)C[C@@H](C)C(=O)[C@H](C)[C@H]2N(CCc3cccs3)C(=O)O[C@]12C. The summed E-state index contributed by atoms with van der Waals surface area (Å²) in [7, 11) is 5.42. The maximum atomic E-state index is 14.5. The van der Waals surface area contributed by atoms with Gasteiger partial charge in [-0.1, -0.05) is 39.8 Å². The fourth-order valence-corrected chi connectivity index (χ4v) is 9.00. The van der Waals surface area contributed by atoms with E-state index in [0.717, 1.165) is 4.88 Å². The van der Waals surface area contributed by atoms with Crippen LogP contribution in [0.3, 0.4) is 0 Å². The molecule has 0 aromatic carbocycles. The van der Waals surface area contributed by atoms with Crippen molar-refractivity contribution in [2.75, 3.05) is 27.7 Å². The Labute approximate surface area is 296 Å². The molecule has 1 aromatic heterocycles. The molecule has 0 saturated carbocycles. The van der Waals surface area contributed by atoms with Crippen molar-refractivity contribution in [2.45, 2.75) is 135 Å². The van der Waals surface area contributed by atoms with E-state index in [1.54, 1.807) is 43.3 Å². The molecular formula is C37H58N2O9S. The van der Waals surface area contributed by atoms with Crippen LogP contribution in [0.25, 0.3) is 0 Å². The third-order valence-electron chi connectivity index (χ3n) is 11.0. The number of carbonyl (C=O) groups is 3. The largest absolute Gasteiger partial charge is 0.455 e. The summed E-state index contributed by atoms with van der Waals surface area (Å²) in [5.74, 6) is -2.22. The Balaban J connectivity index is 1.76. The number of amides is 1. The summed E-state index contributed by atoms with van der Waals surface area (Å²) in [6, 6.07) is 3.11. The molecule has 0 bridgehead atoms. The van der Waals surface area contributed by atoms with E-state index in [4.69, 9.17) is 23.7 Å². The topological polar surface area (TPSA) is 124 Å². The average molecular weight is 707 g/mol. The molecule has 3 aliphatic heterocycles. The number of fused-ring (bicyclic) bond motifs is 1. The predicted molar refractivity (Wildman–Crippen MR) is 187 cm³/mol. The molecule has 11 nitrogen and oxygen atoms in total. The van der Waals surface area contributed by atoms with Crippen molar-refractivity contribution in [3.05, 3.63) is 34.0 Å². The Morgan fingerprint density at radius 3 is 2.43 bits per heavy atom. The monoisotopic (exact) mass is 706 g/mol. The van der Waals surface area contributed by atoms with E-state index >= 15 is 0 Å². The number of thiophene rings is 1. The van der Waals surface area contributed by atoms with E-state index in [1.165, 1.54) is 0 Å². The normalized spacial score (nSPS) is 40.7. The smallest absolute Gasteiger partial charge is 0.410 e. The first-order valence-corrected chi connectivity index (χ1v) is 18.5. The van der Waals surface area contributed by atoms with Crippen molar-refractivity contribution >= 4 is 29.2 Å². The van der Waals surface area contributed by atoms with Gasteiger partial charge in [0.05, 0.1) is 23.9 Å². The Kier molecular flexibility index (Phi) is 12.8. The predicted octanol–water partition coefficient (Wildman–Crippen LogP) is 5.24. The second-order valence-corrected chi connectivity index (χ2v) is 16.0. The minimum atomic E-state index is -1.27. The van der Waals surface area contributed by atoms with E-state index in [2.05, 4.69) is 0 Å². The molecule has 4 rings (SSSR count). The van der Waals surface area contributed by atoms with Crippen LogP contribution < -0.4 is 0 Å². The van der Waals surface area contributed by atoms with Crippen molar-refractivity contribution < 1.29 is 43.2 Å². The molecule has 1 unspecified atom stereocenters. The molecular weight excluding hydrogens is 648 g/mol. The molecule has 49 heavy (non-hydrogen) atoms. The number of hydrogen-bond acceptors (Lipinski definition) is 11. The van der Waals surface area contributed by atoms with Crippen LogP contribution in [0, 0.1) is 17.8 Å². The van der Waals surface area contributed by atoms with Crippen LogP contribution in [-0.4, -0.2) is 114 Å². The molecule has 12 heteroatoms. The van der Waals surface area contributed by atoms with Crippen LogP contribution >= 0.6 is 11.3 Å². The van der Waals surface area contributed by atoms with Gasteiger partial charge in [-0.3, -0.25) is 9.69 Å². The summed E-state index contributed by atoms with van der Waals surface area (Å²) in [5, 5.41) is 13.4. The summed E-state index contributed by atoms with van der Waals surface area (Å²) >= 11 is 1.61. The molecule has 3 aliphatic rings. The summed E-state index contributed by atoms with van der Waals surface area (Å²) in [6.45, 7) is 15.2. The fourth-order valence-electron chi connectivity index (χ4n) is 8.30. The van der Waals surface area contributed by atoms with Crippen LogP contribution in [0.15, 0.2) is 29.2 Å². The van der Waals surface area contributed by atoms with E-state index in [0.29, 0.717) is 31.4 Å².